The number of ketones is 1. The summed E-state index contributed by atoms with van der Waals surface area (Å²) in [4.78, 5) is 13.4. The Kier molecular flexibility index (Phi) is 5.59. The molecule has 170 valence electrons. The van der Waals surface area contributed by atoms with Gasteiger partial charge in [-0.3, -0.25) is 4.79 Å². The smallest absolute Gasteiger partial charge is 0.229 e. The lowest BCUT2D eigenvalue weighted by Gasteiger charge is -2.40. The predicted molar refractivity (Wildman–Crippen MR) is 103 cm³/mol. The van der Waals surface area contributed by atoms with Crippen LogP contribution in [0.25, 0.3) is 0 Å². The highest BCUT2D eigenvalue weighted by Gasteiger charge is 2.69. The zero-order valence-corrected chi connectivity index (χ0v) is 17.0. The van der Waals surface area contributed by atoms with Crippen molar-refractivity contribution in [3.8, 4) is 11.5 Å². The predicted octanol–water partition coefficient (Wildman–Crippen LogP) is -0.706. The van der Waals surface area contributed by atoms with Crippen LogP contribution in [0.5, 0.6) is 11.5 Å². The van der Waals surface area contributed by atoms with Crippen molar-refractivity contribution in [2.75, 3.05) is 6.61 Å². The zero-order chi connectivity index (χ0) is 22.7. The van der Waals surface area contributed by atoms with Crippen molar-refractivity contribution in [1.82, 2.24) is 0 Å². The highest BCUT2D eigenvalue weighted by Crippen LogP contribution is 2.57. The van der Waals surface area contributed by atoms with E-state index in [1.54, 1.807) is 0 Å². The van der Waals surface area contributed by atoms with Gasteiger partial charge < -0.3 is 44.8 Å². The number of hydrogen-bond acceptors (Lipinski definition) is 10. The van der Waals surface area contributed by atoms with Crippen molar-refractivity contribution in [2.24, 2.45) is 0 Å². The quantitative estimate of drug-likeness (QED) is 0.255. The minimum atomic E-state index is -1.68. The molecule has 0 bridgehead atoms. The molecular formula is C21H26O10. The van der Waals surface area contributed by atoms with Crippen molar-refractivity contribution in [2.45, 2.75) is 68.8 Å². The highest BCUT2D eigenvalue weighted by atomic mass is 16.7. The van der Waals surface area contributed by atoms with Gasteiger partial charge in [-0.15, -0.1) is 0 Å². The average molecular weight is 438 g/mol. The minimum absolute atomic E-state index is 0.0533. The molecule has 10 nitrogen and oxygen atoms in total. The summed E-state index contributed by atoms with van der Waals surface area (Å²) in [5, 5.41) is 60.6. The van der Waals surface area contributed by atoms with Gasteiger partial charge in [0.2, 0.25) is 12.1 Å². The Morgan fingerprint density at radius 3 is 2.52 bits per heavy atom. The summed E-state index contributed by atoms with van der Waals surface area (Å²) in [5.41, 5.74) is -0.487. The number of aromatic hydroxyl groups is 1. The molecular weight excluding hydrogens is 412 g/mol. The molecule has 0 amide bonds. The molecule has 31 heavy (non-hydrogen) atoms. The number of aliphatic hydroxyl groups excluding tert-OH is 5. The van der Waals surface area contributed by atoms with Crippen LogP contribution in [0.15, 0.2) is 23.8 Å². The number of fused-ring (bicyclic) bond motifs is 2. The second-order valence-corrected chi connectivity index (χ2v) is 8.37. The number of epoxide rings is 1. The summed E-state index contributed by atoms with van der Waals surface area (Å²) in [6, 6.07) is 2.50. The molecule has 1 aromatic rings. The minimum Gasteiger partial charge on any atom is -0.508 e. The number of rotatable bonds is 5. The monoisotopic (exact) mass is 438 g/mol. The van der Waals surface area contributed by atoms with Gasteiger partial charge in [0.1, 0.15) is 48.1 Å². The van der Waals surface area contributed by atoms with Crippen LogP contribution in [-0.2, 0) is 9.47 Å². The van der Waals surface area contributed by atoms with Gasteiger partial charge in [0.05, 0.1) is 12.2 Å². The first-order valence-corrected chi connectivity index (χ1v) is 9.99. The van der Waals surface area contributed by atoms with Gasteiger partial charge in [0.15, 0.2) is 5.60 Å². The molecule has 1 aromatic carbocycles. The van der Waals surface area contributed by atoms with Crippen LogP contribution in [0.2, 0.25) is 0 Å². The standard InChI is InChI=1S/C21H26O10/c1-8(2)5-6-21-18(28)13-10(4-3-9(23)12(13)15(25)19(21)31-21)29-20-17(27)16(26)14(24)11(7-22)30-20/h3-5,11,14-17,19-20,22-27H,6-7H2,1-2H3. The lowest BCUT2D eigenvalue weighted by molar-refractivity contribution is -0.277. The van der Waals surface area contributed by atoms with Gasteiger partial charge >= 0.3 is 0 Å². The molecule has 10 heteroatoms. The fourth-order valence-electron chi connectivity index (χ4n) is 4.18. The molecule has 2 aliphatic heterocycles. The summed E-state index contributed by atoms with van der Waals surface area (Å²) in [5.74, 6) is -0.916. The van der Waals surface area contributed by atoms with Crippen molar-refractivity contribution < 1.29 is 49.6 Å². The number of benzene rings is 1. The van der Waals surface area contributed by atoms with E-state index in [0.717, 1.165) is 5.57 Å². The Bertz CT molecular complexity index is 908. The normalized spacial score (nSPS) is 38.8. The summed E-state index contributed by atoms with van der Waals surface area (Å²) in [7, 11) is 0. The molecule has 1 aliphatic carbocycles. The summed E-state index contributed by atoms with van der Waals surface area (Å²) in [6.45, 7) is 3.09. The Morgan fingerprint density at radius 2 is 1.87 bits per heavy atom. The maximum atomic E-state index is 13.4. The summed E-state index contributed by atoms with van der Waals surface area (Å²) < 4.78 is 16.6. The lowest BCUT2D eigenvalue weighted by Crippen LogP contribution is -2.60. The second-order valence-electron chi connectivity index (χ2n) is 8.37. The number of hydrogen-bond donors (Lipinski definition) is 6. The molecule has 0 radical (unpaired) electrons. The van der Waals surface area contributed by atoms with Crippen LogP contribution in [0.3, 0.4) is 0 Å². The number of carbonyl (C=O) groups is 1. The van der Waals surface area contributed by atoms with E-state index in [1.165, 1.54) is 12.1 Å². The maximum Gasteiger partial charge on any atom is 0.229 e. The fourth-order valence-corrected chi connectivity index (χ4v) is 4.18. The van der Waals surface area contributed by atoms with Crippen LogP contribution in [0.1, 0.15) is 42.3 Å². The summed E-state index contributed by atoms with van der Waals surface area (Å²) >= 11 is 0. The van der Waals surface area contributed by atoms with Gasteiger partial charge in [-0.1, -0.05) is 11.6 Å². The van der Waals surface area contributed by atoms with Gasteiger partial charge in [0, 0.05) is 12.0 Å². The third-order valence-corrected chi connectivity index (χ3v) is 6.02. The third kappa shape index (κ3) is 3.44. The van der Waals surface area contributed by atoms with E-state index in [4.69, 9.17) is 14.2 Å². The van der Waals surface area contributed by atoms with Crippen molar-refractivity contribution in [1.29, 1.82) is 0 Å². The Hall–Kier alpha value is -2.05. The van der Waals surface area contributed by atoms with E-state index in [1.807, 2.05) is 19.9 Å². The third-order valence-electron chi connectivity index (χ3n) is 6.02. The number of ether oxygens (including phenoxy) is 3. The van der Waals surface area contributed by atoms with Crippen molar-refractivity contribution in [3.05, 3.63) is 34.9 Å². The molecule has 2 heterocycles. The van der Waals surface area contributed by atoms with E-state index in [0.29, 0.717) is 0 Å². The molecule has 2 saturated heterocycles. The first-order valence-electron chi connectivity index (χ1n) is 9.99. The average Bonchev–Trinajstić information content (AvgIpc) is 3.48. The van der Waals surface area contributed by atoms with E-state index in [9.17, 15) is 35.4 Å². The number of aliphatic hydroxyl groups is 5. The Balaban J connectivity index is 1.70. The van der Waals surface area contributed by atoms with Crippen LogP contribution < -0.4 is 4.74 Å². The Labute approximate surface area is 177 Å². The molecule has 8 atom stereocenters. The van der Waals surface area contributed by atoms with Gasteiger partial charge in [-0.05, 0) is 26.0 Å². The van der Waals surface area contributed by atoms with E-state index in [2.05, 4.69) is 0 Å². The number of allylic oxidation sites excluding steroid dienone is 1. The SMILES string of the molecule is CC(C)=CCC12OC1C(O)c1c(O)ccc(OC3OC(CO)C(O)C(O)C3O)c1C2=O. The molecule has 6 N–H and O–H groups in total. The van der Waals surface area contributed by atoms with Crippen LogP contribution in [-0.4, -0.2) is 85.4 Å². The summed E-state index contributed by atoms with van der Waals surface area (Å²) in [6.07, 6.45) is -7.68. The first-order chi connectivity index (χ1) is 14.6. The second kappa shape index (κ2) is 7.82. The molecule has 0 spiro atoms. The lowest BCUT2D eigenvalue weighted by atomic mass is 9.78. The highest BCUT2D eigenvalue weighted by molar-refractivity contribution is 6.10. The van der Waals surface area contributed by atoms with Crippen molar-refractivity contribution >= 4 is 5.78 Å². The maximum absolute atomic E-state index is 13.4. The molecule has 2 fully saturated rings. The van der Waals surface area contributed by atoms with E-state index < -0.39 is 60.9 Å². The Morgan fingerprint density at radius 1 is 1.16 bits per heavy atom. The fraction of sp³-hybridized carbons (Fsp3) is 0.571. The first kappa shape index (κ1) is 22.2. The number of Topliss-reactive ketones (excluding diaryl/α,β-unsaturated/α-hetero) is 1. The number of phenols is 1. The molecule has 0 saturated carbocycles. The molecule has 4 rings (SSSR count). The molecule has 3 aliphatic rings. The van der Waals surface area contributed by atoms with Gasteiger partial charge in [-0.2, -0.15) is 0 Å². The van der Waals surface area contributed by atoms with Crippen LogP contribution in [0, 0.1) is 0 Å². The van der Waals surface area contributed by atoms with E-state index in [-0.39, 0.29) is 29.0 Å². The molecule has 0 aromatic heterocycles. The van der Waals surface area contributed by atoms with E-state index >= 15 is 0 Å². The van der Waals surface area contributed by atoms with Crippen molar-refractivity contribution in [3.63, 3.8) is 0 Å². The van der Waals surface area contributed by atoms with Gasteiger partial charge in [0.25, 0.3) is 0 Å². The zero-order valence-electron chi connectivity index (χ0n) is 17.0. The molecule has 8 unspecified atom stereocenters. The largest absolute Gasteiger partial charge is 0.508 e. The topological polar surface area (TPSA) is 169 Å². The van der Waals surface area contributed by atoms with Crippen LogP contribution in [0.4, 0.5) is 0 Å². The number of phenolic OH excluding ortho intramolecular Hbond substituents is 1. The number of carbonyl (C=O) groups excluding carboxylic acids is 1. The van der Waals surface area contributed by atoms with Crippen LogP contribution >= 0.6 is 0 Å². The van der Waals surface area contributed by atoms with Gasteiger partial charge in [-0.25, -0.2) is 0 Å².